The molecule has 1 saturated carbocycles. The number of carbonyl (C=O) groups is 2. The molecule has 1 heterocycles. The second-order valence-corrected chi connectivity index (χ2v) is 5.13. The number of likely N-dealkylation sites (tertiary alicyclic amines) is 1. The van der Waals surface area contributed by atoms with Gasteiger partial charge in [-0.25, -0.2) is 4.79 Å². The number of carboxylic acids is 1. The van der Waals surface area contributed by atoms with Crippen LogP contribution in [0.1, 0.15) is 38.5 Å². The molecular formula is C12H19FN2O3. The highest BCUT2D eigenvalue weighted by molar-refractivity contribution is 5.74. The lowest BCUT2D eigenvalue weighted by atomic mass is 9.86. The van der Waals surface area contributed by atoms with Crippen molar-refractivity contribution in [1.29, 1.82) is 0 Å². The first-order valence-corrected chi connectivity index (χ1v) is 6.56. The first kappa shape index (κ1) is 13.1. The third kappa shape index (κ3) is 2.73. The smallest absolute Gasteiger partial charge is 0.348 e. The topological polar surface area (TPSA) is 60.9 Å². The molecule has 0 spiro atoms. The van der Waals surface area contributed by atoms with Crippen LogP contribution in [0.4, 0.5) is 9.28 Å². The SMILES string of the molecule is O=C(O)C1CCC(N(F)C(=O)N2CCCC2)CC1. The highest BCUT2D eigenvalue weighted by Crippen LogP contribution is 2.29. The van der Waals surface area contributed by atoms with Crippen LogP contribution in [-0.4, -0.2) is 46.3 Å². The van der Waals surface area contributed by atoms with E-state index in [9.17, 15) is 14.1 Å². The zero-order chi connectivity index (χ0) is 13.1. The summed E-state index contributed by atoms with van der Waals surface area (Å²) in [6.45, 7) is 1.26. The minimum Gasteiger partial charge on any atom is -0.481 e. The number of hydrogen-bond donors (Lipinski definition) is 1. The number of hydrogen-bond acceptors (Lipinski definition) is 2. The molecule has 2 rings (SSSR count). The van der Waals surface area contributed by atoms with E-state index in [1.54, 1.807) is 0 Å². The maximum Gasteiger partial charge on any atom is 0.348 e. The Hall–Kier alpha value is -1.33. The van der Waals surface area contributed by atoms with Gasteiger partial charge in [0.25, 0.3) is 0 Å². The van der Waals surface area contributed by atoms with Crippen LogP contribution in [0.5, 0.6) is 0 Å². The molecular weight excluding hydrogens is 239 g/mol. The van der Waals surface area contributed by atoms with Gasteiger partial charge in [0.1, 0.15) is 0 Å². The zero-order valence-corrected chi connectivity index (χ0v) is 10.3. The van der Waals surface area contributed by atoms with Crippen LogP contribution < -0.4 is 0 Å². The van der Waals surface area contributed by atoms with Crippen LogP contribution in [0.3, 0.4) is 0 Å². The fourth-order valence-corrected chi connectivity index (χ4v) is 2.75. The van der Waals surface area contributed by atoms with Crippen LogP contribution in [0.15, 0.2) is 0 Å². The van der Waals surface area contributed by atoms with E-state index in [-0.39, 0.29) is 5.92 Å². The van der Waals surface area contributed by atoms with E-state index < -0.39 is 18.0 Å². The Kier molecular flexibility index (Phi) is 4.04. The van der Waals surface area contributed by atoms with Crippen molar-refractivity contribution in [3.63, 3.8) is 0 Å². The van der Waals surface area contributed by atoms with Crippen molar-refractivity contribution < 1.29 is 19.2 Å². The summed E-state index contributed by atoms with van der Waals surface area (Å²) in [6, 6.07) is -1.00. The third-order valence-electron chi connectivity index (χ3n) is 3.93. The van der Waals surface area contributed by atoms with Gasteiger partial charge in [-0.2, -0.15) is 5.12 Å². The Morgan fingerprint density at radius 2 is 1.67 bits per heavy atom. The standard InChI is InChI=1S/C12H19FN2O3/c13-15(12(18)14-7-1-2-8-14)10-5-3-9(4-6-10)11(16)17/h9-10H,1-8H2,(H,16,17). The van der Waals surface area contributed by atoms with Gasteiger partial charge in [0.15, 0.2) is 0 Å². The Bertz CT molecular complexity index is 323. The average Bonchev–Trinajstić information content (AvgIpc) is 2.91. The van der Waals surface area contributed by atoms with Crippen molar-refractivity contribution >= 4 is 12.0 Å². The summed E-state index contributed by atoms with van der Waals surface area (Å²) >= 11 is 0. The van der Waals surface area contributed by atoms with E-state index in [0.717, 1.165) is 12.8 Å². The Balaban J connectivity index is 1.84. The molecule has 1 aliphatic carbocycles. The van der Waals surface area contributed by atoms with E-state index in [2.05, 4.69) is 0 Å². The second kappa shape index (κ2) is 5.54. The minimum absolute atomic E-state index is 0.323. The van der Waals surface area contributed by atoms with Crippen molar-refractivity contribution in [2.45, 2.75) is 44.6 Å². The normalized spacial score (nSPS) is 28.2. The van der Waals surface area contributed by atoms with Gasteiger partial charge in [0.05, 0.1) is 12.0 Å². The monoisotopic (exact) mass is 258 g/mol. The Morgan fingerprint density at radius 3 is 2.17 bits per heavy atom. The fraction of sp³-hybridized carbons (Fsp3) is 0.833. The molecule has 0 aromatic carbocycles. The molecule has 1 aliphatic heterocycles. The molecule has 2 aliphatic rings. The summed E-state index contributed by atoms with van der Waals surface area (Å²) < 4.78 is 14.0. The van der Waals surface area contributed by atoms with E-state index >= 15 is 0 Å². The van der Waals surface area contributed by atoms with E-state index in [4.69, 9.17) is 5.11 Å². The molecule has 2 amide bonds. The molecule has 5 nitrogen and oxygen atoms in total. The van der Waals surface area contributed by atoms with E-state index in [1.807, 2.05) is 0 Å². The molecule has 0 unspecified atom stereocenters. The van der Waals surface area contributed by atoms with Crippen LogP contribution in [-0.2, 0) is 4.79 Å². The summed E-state index contributed by atoms with van der Waals surface area (Å²) in [5.41, 5.74) is 0. The van der Waals surface area contributed by atoms with Crippen LogP contribution in [0.25, 0.3) is 0 Å². The second-order valence-electron chi connectivity index (χ2n) is 5.13. The van der Waals surface area contributed by atoms with Crippen molar-refractivity contribution in [2.24, 2.45) is 5.92 Å². The van der Waals surface area contributed by atoms with Gasteiger partial charge in [0.2, 0.25) is 0 Å². The zero-order valence-electron chi connectivity index (χ0n) is 10.3. The van der Waals surface area contributed by atoms with Gasteiger partial charge in [-0.05, 0) is 38.5 Å². The molecule has 1 saturated heterocycles. The lowest BCUT2D eigenvalue weighted by Gasteiger charge is -2.31. The van der Waals surface area contributed by atoms with Gasteiger partial charge in [-0.1, -0.05) is 4.48 Å². The summed E-state index contributed by atoms with van der Waals surface area (Å²) in [6.07, 6.45) is 3.65. The number of halogens is 1. The first-order chi connectivity index (χ1) is 8.59. The fourth-order valence-electron chi connectivity index (χ4n) is 2.75. The molecule has 2 fully saturated rings. The van der Waals surface area contributed by atoms with Crippen LogP contribution in [0.2, 0.25) is 0 Å². The lowest BCUT2D eigenvalue weighted by Crippen LogP contribution is -2.44. The summed E-state index contributed by atoms with van der Waals surface area (Å²) in [5, 5.41) is 9.19. The van der Waals surface area contributed by atoms with E-state index in [1.165, 1.54) is 4.90 Å². The summed E-state index contributed by atoms with van der Waals surface area (Å²) in [4.78, 5) is 24.1. The molecule has 0 aromatic rings. The number of aliphatic carboxylic acids is 1. The molecule has 1 N–H and O–H groups in total. The van der Waals surface area contributed by atoms with Gasteiger partial charge in [-0.3, -0.25) is 4.79 Å². The van der Waals surface area contributed by atoms with Crippen LogP contribution >= 0.6 is 0 Å². The van der Waals surface area contributed by atoms with Crippen LogP contribution in [0, 0.1) is 5.92 Å². The average molecular weight is 258 g/mol. The summed E-state index contributed by atoms with van der Waals surface area (Å²) in [7, 11) is 0. The number of nitrogens with zero attached hydrogens (tertiary/aromatic N) is 2. The maximum absolute atomic E-state index is 14.0. The lowest BCUT2D eigenvalue weighted by molar-refractivity contribution is -0.143. The van der Waals surface area contributed by atoms with Crippen molar-refractivity contribution in [3.05, 3.63) is 0 Å². The van der Waals surface area contributed by atoms with Crippen molar-refractivity contribution in [1.82, 2.24) is 10.0 Å². The Morgan fingerprint density at radius 1 is 1.11 bits per heavy atom. The predicted molar refractivity (Wildman–Crippen MR) is 62.5 cm³/mol. The van der Waals surface area contributed by atoms with E-state index in [0.29, 0.717) is 43.9 Å². The van der Waals surface area contributed by atoms with Gasteiger partial charge in [-0.15, -0.1) is 0 Å². The molecule has 6 heteroatoms. The third-order valence-corrected chi connectivity index (χ3v) is 3.93. The number of rotatable bonds is 2. The number of amides is 2. The van der Waals surface area contributed by atoms with Gasteiger partial charge < -0.3 is 10.0 Å². The quantitative estimate of drug-likeness (QED) is 0.771. The van der Waals surface area contributed by atoms with Gasteiger partial charge >= 0.3 is 12.0 Å². The summed E-state index contributed by atoms with van der Waals surface area (Å²) in [5.74, 6) is -1.19. The molecule has 0 bridgehead atoms. The molecule has 18 heavy (non-hydrogen) atoms. The number of urea groups is 1. The number of carboxylic acid groups (broad SMARTS) is 1. The molecule has 102 valence electrons. The highest BCUT2D eigenvalue weighted by Gasteiger charge is 2.34. The predicted octanol–water partition coefficient (Wildman–Crippen LogP) is 2.03. The largest absolute Gasteiger partial charge is 0.481 e. The number of carbonyl (C=O) groups excluding carboxylic acids is 1. The molecule has 0 aromatic heterocycles. The van der Waals surface area contributed by atoms with Crippen molar-refractivity contribution in [3.8, 4) is 0 Å². The minimum atomic E-state index is -0.815. The first-order valence-electron chi connectivity index (χ1n) is 6.56. The van der Waals surface area contributed by atoms with Crippen molar-refractivity contribution in [2.75, 3.05) is 13.1 Å². The maximum atomic E-state index is 14.0. The van der Waals surface area contributed by atoms with Gasteiger partial charge in [0, 0.05) is 13.1 Å². The highest BCUT2D eigenvalue weighted by atomic mass is 19.2. The molecule has 0 radical (unpaired) electrons. The Labute approximate surface area is 105 Å². The molecule has 0 atom stereocenters.